The molecule has 1 aliphatic carbocycles. The van der Waals surface area contributed by atoms with E-state index in [0.29, 0.717) is 5.92 Å². The summed E-state index contributed by atoms with van der Waals surface area (Å²) >= 11 is 0. The number of benzene rings is 3. The SMILES string of the molecule is C=C(CC)CNc1cccc(N(Cc2ccc(-c3ccc(N(C)C)cc3)cc2)C(=C)C2CCCCC2)c1. The van der Waals surface area contributed by atoms with Crippen LogP contribution >= 0.6 is 0 Å². The number of nitrogens with one attached hydrogen (secondary N) is 1. The Hall–Kier alpha value is -3.46. The zero-order valence-electron chi connectivity index (χ0n) is 23.0. The van der Waals surface area contributed by atoms with E-state index in [1.54, 1.807) is 0 Å². The molecule has 3 aromatic rings. The summed E-state index contributed by atoms with van der Waals surface area (Å²) in [4.78, 5) is 4.57. The molecular weight excluding hydrogens is 450 g/mol. The fraction of sp³-hybridized carbons (Fsp3) is 0.353. The molecule has 0 amide bonds. The van der Waals surface area contributed by atoms with Crippen LogP contribution in [0.15, 0.2) is 97.2 Å². The van der Waals surface area contributed by atoms with Crippen LogP contribution in [0.3, 0.4) is 0 Å². The lowest BCUT2D eigenvalue weighted by atomic mass is 9.86. The van der Waals surface area contributed by atoms with Crippen LogP contribution in [0.4, 0.5) is 17.1 Å². The van der Waals surface area contributed by atoms with Crippen LogP contribution in [0, 0.1) is 5.92 Å². The molecule has 0 heterocycles. The first-order chi connectivity index (χ1) is 17.9. The lowest BCUT2D eigenvalue weighted by Crippen LogP contribution is -2.27. The van der Waals surface area contributed by atoms with E-state index < -0.39 is 0 Å². The van der Waals surface area contributed by atoms with Gasteiger partial charge in [0.25, 0.3) is 0 Å². The molecule has 0 atom stereocenters. The Kier molecular flexibility index (Phi) is 9.11. The van der Waals surface area contributed by atoms with Gasteiger partial charge in [-0.25, -0.2) is 0 Å². The van der Waals surface area contributed by atoms with Crippen LogP contribution < -0.4 is 15.1 Å². The van der Waals surface area contributed by atoms with Crippen LogP contribution in [-0.2, 0) is 6.54 Å². The van der Waals surface area contributed by atoms with E-state index in [1.165, 1.54) is 71.4 Å². The van der Waals surface area contributed by atoms with Crippen molar-refractivity contribution in [1.82, 2.24) is 0 Å². The van der Waals surface area contributed by atoms with Crippen molar-refractivity contribution in [3.05, 3.63) is 103 Å². The summed E-state index contributed by atoms with van der Waals surface area (Å²) in [6, 6.07) is 26.6. The number of anilines is 3. The number of hydrogen-bond acceptors (Lipinski definition) is 3. The first-order valence-corrected chi connectivity index (χ1v) is 13.8. The predicted molar refractivity (Wildman–Crippen MR) is 162 cm³/mol. The lowest BCUT2D eigenvalue weighted by molar-refractivity contribution is 0.396. The molecule has 3 nitrogen and oxygen atoms in total. The molecule has 0 bridgehead atoms. The molecule has 3 heteroatoms. The Balaban J connectivity index is 1.55. The maximum Gasteiger partial charge on any atom is 0.0478 e. The average Bonchev–Trinajstić information content (AvgIpc) is 2.95. The van der Waals surface area contributed by atoms with Crippen LogP contribution in [0.1, 0.15) is 51.0 Å². The van der Waals surface area contributed by atoms with Crippen LogP contribution in [0.25, 0.3) is 11.1 Å². The van der Waals surface area contributed by atoms with Crippen molar-refractivity contribution < 1.29 is 0 Å². The fourth-order valence-electron chi connectivity index (χ4n) is 5.09. The molecule has 0 spiro atoms. The second-order valence-corrected chi connectivity index (χ2v) is 10.6. The molecule has 1 aliphatic rings. The van der Waals surface area contributed by atoms with Crippen molar-refractivity contribution >= 4 is 17.1 Å². The highest BCUT2D eigenvalue weighted by Gasteiger charge is 2.22. The highest BCUT2D eigenvalue weighted by atomic mass is 15.1. The van der Waals surface area contributed by atoms with Crippen LogP contribution in [0.2, 0.25) is 0 Å². The van der Waals surface area contributed by atoms with Crippen molar-refractivity contribution in [2.75, 3.05) is 35.8 Å². The third kappa shape index (κ3) is 7.07. The summed E-state index contributed by atoms with van der Waals surface area (Å²) in [5.41, 5.74) is 9.79. The van der Waals surface area contributed by atoms with E-state index in [0.717, 1.165) is 25.2 Å². The van der Waals surface area contributed by atoms with E-state index in [2.05, 4.69) is 122 Å². The Labute approximate surface area is 224 Å². The van der Waals surface area contributed by atoms with Gasteiger partial charge in [0.2, 0.25) is 0 Å². The molecule has 4 rings (SSSR count). The number of allylic oxidation sites excluding steroid dienone is 1. The van der Waals surface area contributed by atoms with E-state index in [4.69, 9.17) is 0 Å². The minimum absolute atomic E-state index is 0.555. The first kappa shape index (κ1) is 26.6. The maximum absolute atomic E-state index is 4.64. The third-order valence-electron chi connectivity index (χ3n) is 7.64. The number of hydrogen-bond donors (Lipinski definition) is 1. The Morgan fingerprint density at radius 2 is 1.49 bits per heavy atom. The van der Waals surface area contributed by atoms with Gasteiger partial charge in [-0.2, -0.15) is 0 Å². The summed E-state index contributed by atoms with van der Waals surface area (Å²) in [7, 11) is 4.15. The summed E-state index contributed by atoms with van der Waals surface area (Å²) in [6.07, 6.45) is 7.44. The first-order valence-electron chi connectivity index (χ1n) is 13.8. The second kappa shape index (κ2) is 12.7. The third-order valence-corrected chi connectivity index (χ3v) is 7.64. The van der Waals surface area contributed by atoms with Gasteiger partial charge in [-0.05, 0) is 72.2 Å². The molecule has 1 saturated carbocycles. The molecule has 194 valence electrons. The molecular formula is C34H43N3. The number of nitrogens with zero attached hydrogens (tertiary/aromatic N) is 2. The molecule has 0 aliphatic heterocycles. The smallest absolute Gasteiger partial charge is 0.0478 e. The zero-order valence-corrected chi connectivity index (χ0v) is 23.0. The van der Waals surface area contributed by atoms with Gasteiger partial charge < -0.3 is 15.1 Å². The van der Waals surface area contributed by atoms with Gasteiger partial charge in [0, 0.05) is 49.9 Å². The topological polar surface area (TPSA) is 18.5 Å². The van der Waals surface area contributed by atoms with E-state index >= 15 is 0 Å². The van der Waals surface area contributed by atoms with Gasteiger partial charge in [0.15, 0.2) is 0 Å². The van der Waals surface area contributed by atoms with Gasteiger partial charge in [-0.1, -0.05) is 87.4 Å². The minimum atomic E-state index is 0.555. The Bertz CT molecular complexity index is 1170. The molecule has 0 radical (unpaired) electrons. The second-order valence-electron chi connectivity index (χ2n) is 10.6. The van der Waals surface area contributed by atoms with Crippen molar-refractivity contribution in [3.8, 4) is 11.1 Å². The normalized spacial score (nSPS) is 13.7. The van der Waals surface area contributed by atoms with Crippen LogP contribution in [-0.4, -0.2) is 20.6 Å². The average molecular weight is 494 g/mol. The molecule has 37 heavy (non-hydrogen) atoms. The summed E-state index contributed by atoms with van der Waals surface area (Å²) in [5.74, 6) is 0.555. The van der Waals surface area contributed by atoms with Gasteiger partial charge >= 0.3 is 0 Å². The van der Waals surface area contributed by atoms with Crippen molar-refractivity contribution in [2.45, 2.75) is 52.0 Å². The molecule has 3 aromatic carbocycles. The maximum atomic E-state index is 4.64. The largest absolute Gasteiger partial charge is 0.381 e. The zero-order chi connectivity index (χ0) is 26.2. The van der Waals surface area contributed by atoms with Crippen molar-refractivity contribution in [2.24, 2.45) is 5.92 Å². The Morgan fingerprint density at radius 1 is 0.838 bits per heavy atom. The van der Waals surface area contributed by atoms with Crippen molar-refractivity contribution in [1.29, 1.82) is 0 Å². The molecule has 0 unspecified atom stereocenters. The summed E-state index contributed by atoms with van der Waals surface area (Å²) in [5, 5.41) is 3.55. The molecule has 0 saturated heterocycles. The van der Waals surface area contributed by atoms with E-state index in [-0.39, 0.29) is 0 Å². The lowest BCUT2D eigenvalue weighted by Gasteiger charge is -2.34. The van der Waals surface area contributed by atoms with Crippen molar-refractivity contribution in [3.63, 3.8) is 0 Å². The fourth-order valence-corrected chi connectivity index (χ4v) is 5.09. The highest BCUT2D eigenvalue weighted by Crippen LogP contribution is 2.35. The van der Waals surface area contributed by atoms with Gasteiger partial charge in [-0.15, -0.1) is 0 Å². The molecule has 0 aromatic heterocycles. The molecule has 1 fully saturated rings. The molecule has 1 N–H and O–H groups in total. The van der Waals surface area contributed by atoms with Gasteiger partial charge in [0.1, 0.15) is 0 Å². The summed E-state index contributed by atoms with van der Waals surface area (Å²) < 4.78 is 0. The predicted octanol–water partition coefficient (Wildman–Crippen LogP) is 8.90. The van der Waals surface area contributed by atoms with E-state index in [9.17, 15) is 0 Å². The van der Waals surface area contributed by atoms with Gasteiger partial charge in [0.05, 0.1) is 0 Å². The standard InChI is InChI=1S/C34H43N3/c1-6-26(2)24-35-32-13-10-14-34(23-32)37(27(3)29-11-8-7-9-12-29)25-28-15-17-30(18-16-28)31-19-21-33(22-20-31)36(4)5/h10,13-23,29,35H,2-3,6-9,11-12,24-25H2,1,4-5H3. The monoisotopic (exact) mass is 493 g/mol. The van der Waals surface area contributed by atoms with Crippen LogP contribution in [0.5, 0.6) is 0 Å². The van der Waals surface area contributed by atoms with Gasteiger partial charge in [-0.3, -0.25) is 0 Å². The minimum Gasteiger partial charge on any atom is -0.381 e. The quantitative estimate of drug-likeness (QED) is 0.269. The number of rotatable bonds is 11. The van der Waals surface area contributed by atoms with E-state index in [1.807, 2.05) is 0 Å². The summed E-state index contributed by atoms with van der Waals surface area (Å²) in [6.45, 7) is 12.6. The highest BCUT2D eigenvalue weighted by molar-refractivity contribution is 5.67. The Morgan fingerprint density at radius 3 is 2.11 bits per heavy atom.